The Kier molecular flexibility index (Phi) is 3.67. The van der Waals surface area contributed by atoms with E-state index in [1.807, 2.05) is 11.6 Å². The van der Waals surface area contributed by atoms with E-state index in [0.717, 1.165) is 24.8 Å². The van der Waals surface area contributed by atoms with Crippen molar-refractivity contribution in [2.75, 3.05) is 0 Å². The Morgan fingerprint density at radius 2 is 1.92 bits per heavy atom. The zero-order valence-electron chi connectivity index (χ0n) is 13.5. The van der Waals surface area contributed by atoms with E-state index in [9.17, 15) is 13.2 Å². The van der Waals surface area contributed by atoms with Crippen LogP contribution in [-0.4, -0.2) is 20.6 Å². The molecule has 24 heavy (non-hydrogen) atoms. The summed E-state index contributed by atoms with van der Waals surface area (Å²) in [4.78, 5) is 12.2. The molecule has 1 aromatic rings. The number of ether oxygens (including phenoxy) is 1. The first-order valence-corrected chi connectivity index (χ1v) is 9.89. The number of carbonyl (C=O) groups excluding carboxylic acids is 1. The van der Waals surface area contributed by atoms with Gasteiger partial charge in [0.25, 0.3) is 10.0 Å². The van der Waals surface area contributed by atoms with Crippen LogP contribution in [-0.2, 0) is 14.8 Å². The van der Waals surface area contributed by atoms with E-state index in [0.29, 0.717) is 23.7 Å². The largest absolute Gasteiger partial charge is 0.445 e. The fourth-order valence-corrected chi connectivity index (χ4v) is 5.55. The Labute approximate surface area is 142 Å². The molecule has 0 aliphatic heterocycles. The van der Waals surface area contributed by atoms with Crippen molar-refractivity contribution < 1.29 is 17.9 Å². The number of benzene rings is 1. The van der Waals surface area contributed by atoms with E-state index < -0.39 is 16.1 Å². The molecule has 1 aromatic carbocycles. The third kappa shape index (κ3) is 2.62. The van der Waals surface area contributed by atoms with Crippen LogP contribution in [0.2, 0.25) is 0 Å². The highest BCUT2D eigenvalue weighted by Gasteiger charge is 2.53. The van der Waals surface area contributed by atoms with E-state index in [-0.39, 0.29) is 11.0 Å². The summed E-state index contributed by atoms with van der Waals surface area (Å²) in [5.74, 6) is 2.14. The average molecular weight is 347 g/mol. The van der Waals surface area contributed by atoms with Gasteiger partial charge in [-0.25, -0.2) is 17.9 Å². The molecule has 1 N–H and O–H groups in total. The molecule has 4 rings (SSSR count). The number of hydrogen-bond donors (Lipinski definition) is 1. The highest BCUT2D eigenvalue weighted by Crippen LogP contribution is 2.57. The number of nitrogens with one attached hydrogen (secondary N) is 1. The predicted molar refractivity (Wildman–Crippen MR) is 88.7 cm³/mol. The molecule has 6 heteroatoms. The first-order chi connectivity index (χ1) is 11.4. The summed E-state index contributed by atoms with van der Waals surface area (Å²) in [6.45, 7) is 1.87. The van der Waals surface area contributed by atoms with Gasteiger partial charge in [0.1, 0.15) is 6.10 Å². The second kappa shape index (κ2) is 5.62. The normalized spacial score (nSPS) is 33.5. The summed E-state index contributed by atoms with van der Waals surface area (Å²) in [5, 5.41) is 0. The van der Waals surface area contributed by atoms with Gasteiger partial charge in [-0.05, 0) is 56.1 Å². The maximum absolute atomic E-state index is 12.2. The van der Waals surface area contributed by atoms with Crippen LogP contribution in [0.25, 0.3) is 0 Å². The van der Waals surface area contributed by atoms with E-state index in [1.165, 1.54) is 12.1 Å². The lowest BCUT2D eigenvalue weighted by Gasteiger charge is -2.30. The molecular weight excluding hydrogens is 326 g/mol. The smallest absolute Gasteiger partial charge is 0.421 e. The Morgan fingerprint density at radius 1 is 1.17 bits per heavy atom. The summed E-state index contributed by atoms with van der Waals surface area (Å²) >= 11 is 0. The van der Waals surface area contributed by atoms with Crippen molar-refractivity contribution in [3.63, 3.8) is 0 Å². The van der Waals surface area contributed by atoms with Crippen molar-refractivity contribution in [3.8, 4) is 0 Å². The van der Waals surface area contributed by atoms with Crippen LogP contribution in [0.15, 0.2) is 41.3 Å². The standard InChI is InChI=1S/C18H21NO4S/c1-11-5-7-13(8-6-11)24(21,22)19-18(20)23-17-10-12-9-16(17)15-4-2-3-14(12)15/h2,4-8,12,14-17H,3,9-10H2,1H3,(H,19,20)/t12-,14-,15-,16+,17-/m1/s1. The Balaban J connectivity index is 1.40. The Bertz CT molecular complexity index is 784. The lowest BCUT2D eigenvalue weighted by molar-refractivity contribution is 0.0454. The third-order valence-electron chi connectivity index (χ3n) is 5.76. The average Bonchev–Trinajstić information content (AvgIpc) is 3.19. The summed E-state index contributed by atoms with van der Waals surface area (Å²) in [7, 11) is -3.89. The van der Waals surface area contributed by atoms with Crippen molar-refractivity contribution in [1.29, 1.82) is 0 Å². The molecule has 2 fully saturated rings. The van der Waals surface area contributed by atoms with E-state index >= 15 is 0 Å². The molecule has 0 radical (unpaired) electrons. The molecule has 5 atom stereocenters. The van der Waals surface area contributed by atoms with Gasteiger partial charge in [-0.3, -0.25) is 0 Å². The fraction of sp³-hybridized carbons (Fsp3) is 0.500. The number of allylic oxidation sites excluding steroid dienone is 2. The molecule has 3 aliphatic rings. The van der Waals surface area contributed by atoms with Gasteiger partial charge in [0.05, 0.1) is 4.90 Å². The van der Waals surface area contributed by atoms with Crippen molar-refractivity contribution in [1.82, 2.24) is 4.72 Å². The Morgan fingerprint density at radius 3 is 2.67 bits per heavy atom. The molecular formula is C18H21NO4S. The van der Waals surface area contributed by atoms with Gasteiger partial charge >= 0.3 is 6.09 Å². The number of amides is 1. The van der Waals surface area contributed by atoms with E-state index in [2.05, 4.69) is 12.2 Å². The van der Waals surface area contributed by atoms with Gasteiger partial charge in [-0.1, -0.05) is 29.8 Å². The Hall–Kier alpha value is -1.82. The van der Waals surface area contributed by atoms with Crippen LogP contribution in [0.3, 0.4) is 0 Å². The first-order valence-electron chi connectivity index (χ1n) is 8.41. The van der Waals surface area contributed by atoms with Gasteiger partial charge < -0.3 is 4.74 Å². The summed E-state index contributed by atoms with van der Waals surface area (Å²) in [6.07, 6.45) is 6.49. The van der Waals surface area contributed by atoms with Crippen molar-refractivity contribution >= 4 is 16.1 Å². The minimum absolute atomic E-state index is 0.0665. The van der Waals surface area contributed by atoms with Gasteiger partial charge in [-0.2, -0.15) is 0 Å². The lowest BCUT2D eigenvalue weighted by atomic mass is 9.80. The monoisotopic (exact) mass is 347 g/mol. The molecule has 1 amide bonds. The highest BCUT2D eigenvalue weighted by molar-refractivity contribution is 7.90. The molecule has 0 aromatic heterocycles. The van der Waals surface area contributed by atoms with Crippen LogP contribution in [0.5, 0.6) is 0 Å². The summed E-state index contributed by atoms with van der Waals surface area (Å²) < 4.78 is 32.0. The maximum Gasteiger partial charge on any atom is 0.421 e. The second-order valence-electron chi connectivity index (χ2n) is 7.16. The molecule has 0 heterocycles. The van der Waals surface area contributed by atoms with Crippen molar-refractivity contribution in [2.24, 2.45) is 23.7 Å². The molecule has 128 valence electrons. The number of hydrogen-bond acceptors (Lipinski definition) is 4. The van der Waals surface area contributed by atoms with Gasteiger partial charge in [0, 0.05) is 5.92 Å². The third-order valence-corrected chi connectivity index (χ3v) is 7.08. The topological polar surface area (TPSA) is 72.5 Å². The van der Waals surface area contributed by atoms with Crippen LogP contribution in [0, 0.1) is 30.6 Å². The van der Waals surface area contributed by atoms with Crippen molar-refractivity contribution in [3.05, 3.63) is 42.0 Å². The molecule has 3 aliphatic carbocycles. The van der Waals surface area contributed by atoms with E-state index in [4.69, 9.17) is 4.74 Å². The number of carbonyl (C=O) groups is 1. The van der Waals surface area contributed by atoms with Crippen LogP contribution >= 0.6 is 0 Å². The van der Waals surface area contributed by atoms with Gasteiger partial charge in [0.2, 0.25) is 0 Å². The van der Waals surface area contributed by atoms with Crippen LogP contribution in [0.1, 0.15) is 24.8 Å². The summed E-state index contributed by atoms with van der Waals surface area (Å²) in [6, 6.07) is 6.36. The summed E-state index contributed by atoms with van der Waals surface area (Å²) in [5.41, 5.74) is 0.956. The SMILES string of the molecule is Cc1ccc(S(=O)(=O)NC(=O)O[C@@H]2C[C@H]3C[C@H]2[C@@H]2C=CC[C@H]32)cc1. The first kappa shape index (κ1) is 15.7. The maximum atomic E-state index is 12.2. The number of sulfonamides is 1. The fourth-order valence-electron chi connectivity index (χ4n) is 4.67. The van der Waals surface area contributed by atoms with Crippen molar-refractivity contribution in [2.45, 2.75) is 37.2 Å². The zero-order valence-corrected chi connectivity index (χ0v) is 14.3. The molecule has 2 saturated carbocycles. The second-order valence-corrected chi connectivity index (χ2v) is 8.85. The molecule has 2 bridgehead atoms. The molecule has 5 nitrogen and oxygen atoms in total. The predicted octanol–water partition coefficient (Wildman–Crippen LogP) is 3.01. The molecule has 0 spiro atoms. The number of aryl methyl sites for hydroxylation is 1. The number of fused-ring (bicyclic) bond motifs is 5. The zero-order chi connectivity index (χ0) is 16.9. The minimum Gasteiger partial charge on any atom is -0.445 e. The van der Waals surface area contributed by atoms with Gasteiger partial charge in [-0.15, -0.1) is 0 Å². The minimum atomic E-state index is -3.89. The van der Waals surface area contributed by atoms with E-state index in [1.54, 1.807) is 12.1 Å². The van der Waals surface area contributed by atoms with Gasteiger partial charge in [0.15, 0.2) is 0 Å². The molecule has 0 saturated heterocycles. The van der Waals surface area contributed by atoms with Crippen LogP contribution < -0.4 is 4.72 Å². The number of rotatable bonds is 3. The molecule has 0 unspecified atom stereocenters. The quantitative estimate of drug-likeness (QED) is 0.853. The highest BCUT2D eigenvalue weighted by atomic mass is 32.2. The van der Waals surface area contributed by atoms with Crippen LogP contribution in [0.4, 0.5) is 4.79 Å². The lowest BCUT2D eigenvalue weighted by Crippen LogP contribution is -2.38.